The zero-order valence-corrected chi connectivity index (χ0v) is 17.7. The molecule has 4 aromatic rings. The Bertz CT molecular complexity index is 1240. The largest absolute Gasteiger partial charge is 0.494 e. The van der Waals surface area contributed by atoms with Gasteiger partial charge in [-0.1, -0.05) is 12.1 Å². The molecule has 0 aliphatic carbocycles. The molecule has 0 saturated heterocycles. The molecule has 2 aromatic carbocycles. The van der Waals surface area contributed by atoms with E-state index in [1.54, 1.807) is 31.6 Å². The van der Waals surface area contributed by atoms with E-state index in [9.17, 15) is 8.78 Å². The number of fused-ring (bicyclic) bond motifs is 1. The van der Waals surface area contributed by atoms with Gasteiger partial charge >= 0.3 is 0 Å². The Labute approximate surface area is 184 Å². The molecule has 4 rings (SSSR count). The van der Waals surface area contributed by atoms with Crippen molar-refractivity contribution in [1.82, 2.24) is 15.0 Å². The summed E-state index contributed by atoms with van der Waals surface area (Å²) < 4.78 is 39.1. The lowest BCUT2D eigenvalue weighted by molar-refractivity contribution is 0.198. The minimum atomic E-state index is -0.920. The number of halogens is 2. The molecule has 0 bridgehead atoms. The number of nitrogens with one attached hydrogen (secondary N) is 1. The van der Waals surface area contributed by atoms with Crippen molar-refractivity contribution in [3.63, 3.8) is 0 Å². The molecule has 2 aromatic heterocycles. The minimum Gasteiger partial charge on any atom is -0.494 e. The number of ether oxygens (including phenoxy) is 2. The summed E-state index contributed by atoms with van der Waals surface area (Å²) in [5, 5.41) is 3.95. The second-order valence-corrected chi connectivity index (χ2v) is 7.09. The average molecular weight is 436 g/mol. The smallest absolute Gasteiger partial charge is 0.166 e. The highest BCUT2D eigenvalue weighted by Crippen LogP contribution is 2.36. The third-order valence-electron chi connectivity index (χ3n) is 4.99. The first-order valence-corrected chi connectivity index (χ1v) is 10.1. The number of rotatable bonds is 8. The molecule has 0 saturated carbocycles. The van der Waals surface area contributed by atoms with Gasteiger partial charge in [0.2, 0.25) is 0 Å². The summed E-state index contributed by atoms with van der Waals surface area (Å²) in [5.74, 6) is -0.377. The molecular formula is C24H22F2N4O2. The summed E-state index contributed by atoms with van der Waals surface area (Å²) in [6, 6.07) is 11.1. The first-order valence-electron chi connectivity index (χ1n) is 10.1. The van der Waals surface area contributed by atoms with Crippen LogP contribution in [0, 0.1) is 11.6 Å². The zero-order valence-electron chi connectivity index (χ0n) is 17.7. The van der Waals surface area contributed by atoms with Crippen molar-refractivity contribution in [2.45, 2.75) is 6.42 Å². The predicted molar refractivity (Wildman–Crippen MR) is 120 cm³/mol. The maximum Gasteiger partial charge on any atom is 0.166 e. The van der Waals surface area contributed by atoms with E-state index in [2.05, 4.69) is 15.3 Å². The van der Waals surface area contributed by atoms with Crippen molar-refractivity contribution in [3.8, 4) is 28.3 Å². The molecule has 0 aliphatic heterocycles. The van der Waals surface area contributed by atoms with Crippen molar-refractivity contribution in [1.29, 1.82) is 0 Å². The zero-order chi connectivity index (χ0) is 22.5. The second kappa shape index (κ2) is 9.65. The van der Waals surface area contributed by atoms with Gasteiger partial charge in [-0.05, 0) is 42.3 Å². The predicted octanol–water partition coefficient (Wildman–Crippen LogP) is 5.09. The van der Waals surface area contributed by atoms with E-state index < -0.39 is 11.6 Å². The summed E-state index contributed by atoms with van der Waals surface area (Å²) in [7, 11) is 3.16. The molecule has 0 unspecified atom stereocenters. The van der Waals surface area contributed by atoms with Crippen LogP contribution in [0.25, 0.3) is 33.4 Å². The highest BCUT2D eigenvalue weighted by atomic mass is 19.2. The van der Waals surface area contributed by atoms with Gasteiger partial charge in [0.25, 0.3) is 0 Å². The Morgan fingerprint density at radius 2 is 1.88 bits per heavy atom. The highest BCUT2D eigenvalue weighted by Gasteiger charge is 2.18. The molecule has 2 heterocycles. The summed E-state index contributed by atoms with van der Waals surface area (Å²) in [4.78, 5) is 13.5. The van der Waals surface area contributed by atoms with Gasteiger partial charge in [0, 0.05) is 49.2 Å². The van der Waals surface area contributed by atoms with Crippen LogP contribution in [0.1, 0.15) is 6.42 Å². The molecule has 0 amide bonds. The molecule has 164 valence electrons. The van der Waals surface area contributed by atoms with Gasteiger partial charge in [-0.15, -0.1) is 0 Å². The van der Waals surface area contributed by atoms with Crippen LogP contribution in [-0.4, -0.2) is 42.3 Å². The van der Waals surface area contributed by atoms with E-state index in [1.165, 1.54) is 19.2 Å². The monoisotopic (exact) mass is 436 g/mol. The Hall–Kier alpha value is -3.65. The molecular weight excluding hydrogens is 414 g/mol. The van der Waals surface area contributed by atoms with Gasteiger partial charge < -0.3 is 14.8 Å². The van der Waals surface area contributed by atoms with Gasteiger partial charge in [0.05, 0.1) is 7.11 Å². The molecule has 0 atom stereocenters. The van der Waals surface area contributed by atoms with E-state index in [0.29, 0.717) is 47.0 Å². The minimum absolute atomic E-state index is 0.131. The lowest BCUT2D eigenvalue weighted by atomic mass is 10.0. The van der Waals surface area contributed by atoms with Crippen LogP contribution in [0.4, 0.5) is 14.6 Å². The Morgan fingerprint density at radius 1 is 1.00 bits per heavy atom. The third-order valence-corrected chi connectivity index (χ3v) is 4.99. The van der Waals surface area contributed by atoms with Gasteiger partial charge in [0.1, 0.15) is 17.1 Å². The van der Waals surface area contributed by atoms with Crippen LogP contribution in [0.3, 0.4) is 0 Å². The number of anilines is 1. The third kappa shape index (κ3) is 4.36. The number of benzene rings is 2. The molecule has 0 fully saturated rings. The Morgan fingerprint density at radius 3 is 2.62 bits per heavy atom. The van der Waals surface area contributed by atoms with E-state index in [1.807, 2.05) is 12.1 Å². The SMILES string of the molecule is COCCCNc1nc(-c2cccnc2)nc2c(OC)cc(-c3cccc(F)c3F)cc12. The first kappa shape index (κ1) is 21.6. The molecule has 8 heteroatoms. The topological polar surface area (TPSA) is 69.2 Å². The summed E-state index contributed by atoms with van der Waals surface area (Å²) >= 11 is 0. The standard InChI is InChI=1S/C24H22F2N4O2/c1-31-11-5-10-28-24-18-12-16(17-7-3-8-19(25)21(17)26)13-20(32-2)22(18)29-23(30-24)15-6-4-9-27-14-15/h3-4,6-9,12-14H,5,10-11H2,1-2H3,(H,28,29,30). The second-order valence-electron chi connectivity index (χ2n) is 7.09. The number of methoxy groups -OCH3 is 2. The van der Waals surface area contributed by atoms with Crippen molar-refractivity contribution in [3.05, 3.63) is 66.5 Å². The maximum absolute atomic E-state index is 14.5. The number of aromatic nitrogens is 3. The van der Waals surface area contributed by atoms with E-state index in [-0.39, 0.29) is 5.56 Å². The number of nitrogens with zero attached hydrogens (tertiary/aromatic N) is 3. The summed E-state index contributed by atoms with van der Waals surface area (Å²) in [6.45, 7) is 1.20. The van der Waals surface area contributed by atoms with E-state index in [0.717, 1.165) is 18.1 Å². The fourth-order valence-electron chi connectivity index (χ4n) is 3.42. The average Bonchev–Trinajstić information content (AvgIpc) is 2.83. The van der Waals surface area contributed by atoms with Crippen LogP contribution in [0.5, 0.6) is 5.75 Å². The lowest BCUT2D eigenvalue weighted by Gasteiger charge is -2.15. The van der Waals surface area contributed by atoms with Crippen molar-refractivity contribution in [2.75, 3.05) is 32.7 Å². The van der Waals surface area contributed by atoms with Crippen LogP contribution in [0.2, 0.25) is 0 Å². The molecule has 1 N–H and O–H groups in total. The van der Waals surface area contributed by atoms with Gasteiger partial charge in [-0.25, -0.2) is 18.7 Å². The van der Waals surface area contributed by atoms with E-state index in [4.69, 9.17) is 14.5 Å². The van der Waals surface area contributed by atoms with Crippen LogP contribution >= 0.6 is 0 Å². The molecule has 32 heavy (non-hydrogen) atoms. The van der Waals surface area contributed by atoms with Crippen LogP contribution in [-0.2, 0) is 4.74 Å². The van der Waals surface area contributed by atoms with Gasteiger partial charge in [0.15, 0.2) is 17.5 Å². The first-order chi connectivity index (χ1) is 15.6. The normalized spacial score (nSPS) is 11.0. The summed E-state index contributed by atoms with van der Waals surface area (Å²) in [6.07, 6.45) is 4.12. The van der Waals surface area contributed by atoms with Gasteiger partial charge in [-0.2, -0.15) is 0 Å². The molecule has 0 aliphatic rings. The van der Waals surface area contributed by atoms with Crippen molar-refractivity contribution < 1.29 is 18.3 Å². The maximum atomic E-state index is 14.5. The number of hydrogen-bond acceptors (Lipinski definition) is 6. The van der Waals surface area contributed by atoms with Crippen molar-refractivity contribution in [2.24, 2.45) is 0 Å². The van der Waals surface area contributed by atoms with Crippen LogP contribution < -0.4 is 10.1 Å². The fraction of sp³-hybridized carbons (Fsp3) is 0.208. The Kier molecular flexibility index (Phi) is 6.51. The van der Waals surface area contributed by atoms with Crippen molar-refractivity contribution >= 4 is 16.7 Å². The molecule has 0 spiro atoms. The lowest BCUT2D eigenvalue weighted by Crippen LogP contribution is -2.08. The van der Waals surface area contributed by atoms with E-state index >= 15 is 0 Å². The fourth-order valence-corrected chi connectivity index (χ4v) is 3.42. The highest BCUT2D eigenvalue weighted by molar-refractivity contribution is 5.97. The quantitative estimate of drug-likeness (QED) is 0.388. The Balaban J connectivity index is 1.91. The molecule has 0 radical (unpaired) electrons. The molecule has 6 nitrogen and oxygen atoms in total. The summed E-state index contributed by atoms with van der Waals surface area (Å²) in [5.41, 5.74) is 1.89. The number of hydrogen-bond donors (Lipinski definition) is 1. The number of pyridine rings is 1. The van der Waals surface area contributed by atoms with Gasteiger partial charge in [-0.3, -0.25) is 4.98 Å². The van der Waals surface area contributed by atoms with Crippen LogP contribution in [0.15, 0.2) is 54.9 Å².